The van der Waals surface area contributed by atoms with Gasteiger partial charge in [-0.1, -0.05) is 79.8 Å². The minimum atomic E-state index is -1.46. The van der Waals surface area contributed by atoms with E-state index in [0.29, 0.717) is 30.0 Å². The van der Waals surface area contributed by atoms with Crippen LogP contribution in [-0.2, 0) is 19.1 Å². The number of para-hydroxylation sites is 1. The maximum atomic E-state index is 15.0. The average molecular weight is 620 g/mol. The number of anilines is 2. The first-order valence-electron chi connectivity index (χ1n) is 15.7. The standard InChI is InChI=1S/C37H37N3O6/c1-3-36-20-10-22-38(26-14-8-5-9-15-26)33(42)30(36)31-34(43)40(29(24-41)25-12-6-4-7-13-25)32-35(44)39(23-11-21-37(31,32)46-36)27-16-18-28(45-2)19-17-27/h4-21,29-32,41H,3,22-24H2,1-2H3/t29-,30-,31+,32?,36+,37+/m1/s1. The van der Waals surface area contributed by atoms with Crippen molar-refractivity contribution in [3.05, 3.63) is 115 Å². The highest BCUT2D eigenvalue weighted by atomic mass is 16.5. The van der Waals surface area contributed by atoms with E-state index in [4.69, 9.17) is 9.47 Å². The van der Waals surface area contributed by atoms with Gasteiger partial charge in [0.05, 0.1) is 37.2 Å². The lowest BCUT2D eigenvalue weighted by atomic mass is 9.73. The highest BCUT2D eigenvalue weighted by Gasteiger charge is 2.76. The van der Waals surface area contributed by atoms with Crippen molar-refractivity contribution >= 4 is 29.1 Å². The van der Waals surface area contributed by atoms with Crippen LogP contribution in [0.1, 0.15) is 24.9 Å². The molecule has 4 aliphatic rings. The number of rotatable bonds is 7. The zero-order valence-corrected chi connectivity index (χ0v) is 25.9. The third-order valence-corrected chi connectivity index (χ3v) is 10.0. The molecule has 4 aliphatic heterocycles. The Morgan fingerprint density at radius 2 is 1.41 bits per heavy atom. The van der Waals surface area contributed by atoms with Crippen molar-refractivity contribution in [2.45, 2.75) is 36.6 Å². The number of nitrogens with zero attached hydrogens (tertiary/aromatic N) is 3. The molecule has 1 spiro atoms. The molecule has 6 atom stereocenters. The molecule has 0 aromatic heterocycles. The van der Waals surface area contributed by atoms with Crippen molar-refractivity contribution in [3.63, 3.8) is 0 Å². The molecule has 2 saturated heterocycles. The van der Waals surface area contributed by atoms with Crippen molar-refractivity contribution in [1.82, 2.24) is 4.90 Å². The van der Waals surface area contributed by atoms with Crippen LogP contribution in [-0.4, -0.2) is 71.8 Å². The number of likely N-dealkylation sites (tertiary alicyclic amines) is 1. The van der Waals surface area contributed by atoms with Crippen LogP contribution in [0.15, 0.2) is 109 Å². The number of aliphatic hydroxyl groups excluding tert-OH is 1. The first-order chi connectivity index (χ1) is 22.4. The van der Waals surface area contributed by atoms with Gasteiger partial charge in [-0.05, 0) is 48.4 Å². The molecule has 0 aliphatic carbocycles. The second-order valence-electron chi connectivity index (χ2n) is 12.2. The topological polar surface area (TPSA) is 99.6 Å². The largest absolute Gasteiger partial charge is 0.497 e. The first kappa shape index (κ1) is 30.0. The molecule has 1 unspecified atom stereocenters. The Bertz CT molecular complexity index is 1690. The van der Waals surface area contributed by atoms with E-state index >= 15 is 4.79 Å². The van der Waals surface area contributed by atoms with Crippen LogP contribution in [0.25, 0.3) is 0 Å². The molecule has 46 heavy (non-hydrogen) atoms. The van der Waals surface area contributed by atoms with Gasteiger partial charge in [0.25, 0.3) is 5.91 Å². The van der Waals surface area contributed by atoms with Crippen LogP contribution in [0.5, 0.6) is 5.75 Å². The summed E-state index contributed by atoms with van der Waals surface area (Å²) in [5, 5.41) is 10.8. The maximum absolute atomic E-state index is 15.0. The molecule has 0 radical (unpaired) electrons. The van der Waals surface area contributed by atoms with Gasteiger partial charge in [0.15, 0.2) is 0 Å². The molecule has 3 aromatic carbocycles. The molecule has 236 valence electrons. The van der Waals surface area contributed by atoms with E-state index in [0.717, 1.165) is 5.69 Å². The van der Waals surface area contributed by atoms with E-state index in [1.807, 2.05) is 91.9 Å². The van der Waals surface area contributed by atoms with Gasteiger partial charge in [0.1, 0.15) is 17.4 Å². The summed E-state index contributed by atoms with van der Waals surface area (Å²) < 4.78 is 12.5. The Kier molecular flexibility index (Phi) is 7.53. The van der Waals surface area contributed by atoms with Crippen LogP contribution in [0, 0.1) is 11.8 Å². The van der Waals surface area contributed by atoms with E-state index in [2.05, 4.69) is 0 Å². The lowest BCUT2D eigenvalue weighted by Crippen LogP contribution is -2.57. The highest BCUT2D eigenvalue weighted by Crippen LogP contribution is 2.60. The van der Waals surface area contributed by atoms with Gasteiger partial charge in [-0.25, -0.2) is 0 Å². The molecule has 4 heterocycles. The SMILES string of the molecule is CC[C@]12C=CCN(c3ccccc3)C(=O)[C@H]1[C@H]1C(=O)N([C@H](CO)c3ccccc3)C3C(=O)N(c4ccc(OC)cc4)CC=C[C@@]31O2. The summed E-state index contributed by atoms with van der Waals surface area (Å²) in [6.45, 7) is 2.10. The molecule has 0 saturated carbocycles. The third-order valence-electron chi connectivity index (χ3n) is 10.0. The van der Waals surface area contributed by atoms with Gasteiger partial charge in [0, 0.05) is 24.5 Å². The number of benzene rings is 3. The second-order valence-corrected chi connectivity index (χ2v) is 12.2. The Morgan fingerprint density at radius 3 is 2.04 bits per heavy atom. The van der Waals surface area contributed by atoms with Crippen LogP contribution in [0.4, 0.5) is 11.4 Å². The third kappa shape index (κ3) is 4.40. The van der Waals surface area contributed by atoms with Crippen molar-refractivity contribution in [1.29, 1.82) is 0 Å². The second kappa shape index (κ2) is 11.6. The minimum Gasteiger partial charge on any atom is -0.497 e. The van der Waals surface area contributed by atoms with E-state index in [1.165, 1.54) is 4.90 Å². The predicted molar refractivity (Wildman–Crippen MR) is 173 cm³/mol. The normalized spacial score (nSPS) is 29.2. The molecule has 9 nitrogen and oxygen atoms in total. The number of ether oxygens (including phenoxy) is 2. The summed E-state index contributed by atoms with van der Waals surface area (Å²) >= 11 is 0. The van der Waals surface area contributed by atoms with Crippen molar-refractivity contribution < 1.29 is 29.0 Å². The fourth-order valence-electron chi connectivity index (χ4n) is 7.90. The monoisotopic (exact) mass is 619 g/mol. The van der Waals surface area contributed by atoms with E-state index in [-0.39, 0.29) is 24.3 Å². The zero-order valence-electron chi connectivity index (χ0n) is 25.9. The molecule has 1 N–H and O–H groups in total. The van der Waals surface area contributed by atoms with Gasteiger partial charge in [0.2, 0.25) is 11.8 Å². The molecule has 3 amide bonds. The predicted octanol–water partition coefficient (Wildman–Crippen LogP) is 4.30. The fourth-order valence-corrected chi connectivity index (χ4v) is 7.90. The number of fused-ring (bicyclic) bond motifs is 2. The van der Waals surface area contributed by atoms with Crippen LogP contribution in [0.2, 0.25) is 0 Å². The Morgan fingerprint density at radius 1 is 0.804 bits per heavy atom. The summed E-state index contributed by atoms with van der Waals surface area (Å²) in [6, 6.07) is 23.8. The molecular weight excluding hydrogens is 582 g/mol. The van der Waals surface area contributed by atoms with Gasteiger partial charge in [-0.2, -0.15) is 0 Å². The highest BCUT2D eigenvalue weighted by molar-refractivity contribution is 6.07. The summed E-state index contributed by atoms with van der Waals surface area (Å²) in [7, 11) is 1.58. The van der Waals surface area contributed by atoms with Gasteiger partial charge < -0.3 is 29.3 Å². The Hall–Kier alpha value is -4.73. The average Bonchev–Trinajstić information content (AvgIpc) is 3.38. The number of hydrogen-bond acceptors (Lipinski definition) is 6. The molecule has 2 fully saturated rings. The number of carbonyl (C=O) groups is 3. The van der Waals surface area contributed by atoms with E-state index in [1.54, 1.807) is 41.2 Å². The van der Waals surface area contributed by atoms with Gasteiger partial charge in [-0.15, -0.1) is 0 Å². The fraction of sp³-hybridized carbons (Fsp3) is 0.324. The Balaban J connectivity index is 1.40. The van der Waals surface area contributed by atoms with Crippen molar-refractivity contribution in [2.24, 2.45) is 11.8 Å². The smallest absolute Gasteiger partial charge is 0.253 e. The molecular formula is C37H37N3O6. The number of aliphatic hydroxyl groups is 1. The molecule has 9 heteroatoms. The van der Waals surface area contributed by atoms with Crippen LogP contribution < -0.4 is 14.5 Å². The Labute approximate surface area is 268 Å². The number of carbonyl (C=O) groups excluding carboxylic acids is 3. The van der Waals surface area contributed by atoms with Crippen LogP contribution in [0.3, 0.4) is 0 Å². The van der Waals surface area contributed by atoms with Crippen molar-refractivity contribution in [2.75, 3.05) is 36.6 Å². The quantitative estimate of drug-likeness (QED) is 0.396. The summed E-state index contributed by atoms with van der Waals surface area (Å²) in [6.07, 6.45) is 7.97. The summed E-state index contributed by atoms with van der Waals surface area (Å²) in [5.41, 5.74) is -0.540. The van der Waals surface area contributed by atoms with Gasteiger partial charge in [-0.3, -0.25) is 14.4 Å². The van der Waals surface area contributed by atoms with Crippen LogP contribution >= 0.6 is 0 Å². The lowest BCUT2D eigenvalue weighted by Gasteiger charge is -2.41. The first-order valence-corrected chi connectivity index (χ1v) is 15.7. The van der Waals surface area contributed by atoms with Crippen molar-refractivity contribution in [3.8, 4) is 5.75 Å². The van der Waals surface area contributed by atoms with E-state index < -0.39 is 41.7 Å². The maximum Gasteiger partial charge on any atom is 0.253 e. The minimum absolute atomic E-state index is 0.230. The molecule has 3 aromatic rings. The number of hydrogen-bond donors (Lipinski definition) is 1. The molecule has 0 bridgehead atoms. The molecule has 7 rings (SSSR count). The van der Waals surface area contributed by atoms with Gasteiger partial charge >= 0.3 is 0 Å². The lowest BCUT2D eigenvalue weighted by molar-refractivity contribution is -0.149. The number of amides is 3. The summed E-state index contributed by atoms with van der Waals surface area (Å²) in [5.74, 6) is -2.23. The summed E-state index contributed by atoms with van der Waals surface area (Å²) in [4.78, 5) is 49.5. The van der Waals surface area contributed by atoms with E-state index in [9.17, 15) is 14.7 Å². The zero-order chi connectivity index (χ0) is 32.1. The number of methoxy groups -OCH3 is 1.